The first-order chi connectivity index (χ1) is 6.75. The molecule has 2 atom stereocenters. The van der Waals surface area contributed by atoms with E-state index in [-0.39, 0.29) is 11.8 Å². The number of hydrogen-bond donors (Lipinski definition) is 2. The second-order valence-corrected chi connectivity index (χ2v) is 4.88. The molecule has 1 amide bonds. The van der Waals surface area contributed by atoms with E-state index in [0.29, 0.717) is 0 Å². The third-order valence-electron chi connectivity index (χ3n) is 3.52. The monoisotopic (exact) mass is 196 g/mol. The number of amides is 1. The minimum Gasteiger partial charge on any atom is -0.356 e. The Morgan fingerprint density at radius 1 is 1.43 bits per heavy atom. The maximum Gasteiger partial charge on any atom is 0.225 e. The molecule has 1 aliphatic heterocycles. The lowest BCUT2D eigenvalue weighted by Crippen LogP contribution is -2.51. The molecule has 3 nitrogen and oxygen atoms in total. The van der Waals surface area contributed by atoms with E-state index in [4.69, 9.17) is 0 Å². The predicted octanol–water partition coefficient (Wildman–Crippen LogP) is 0.758. The Kier molecular flexibility index (Phi) is 3.06. The van der Waals surface area contributed by atoms with Crippen LogP contribution in [0.15, 0.2) is 0 Å². The Labute approximate surface area is 85.6 Å². The van der Waals surface area contributed by atoms with Crippen molar-refractivity contribution in [2.75, 3.05) is 19.6 Å². The molecule has 0 bridgehead atoms. The molecule has 1 heterocycles. The summed E-state index contributed by atoms with van der Waals surface area (Å²) in [6.07, 6.45) is 3.93. The Hall–Kier alpha value is -0.570. The van der Waals surface area contributed by atoms with Gasteiger partial charge < -0.3 is 10.6 Å². The van der Waals surface area contributed by atoms with Gasteiger partial charge in [0.15, 0.2) is 0 Å². The van der Waals surface area contributed by atoms with Gasteiger partial charge in [-0.05, 0) is 24.7 Å². The summed E-state index contributed by atoms with van der Waals surface area (Å²) in [4.78, 5) is 11.5. The summed E-state index contributed by atoms with van der Waals surface area (Å²) in [5.74, 6) is 2.10. The van der Waals surface area contributed by atoms with Crippen molar-refractivity contribution in [3.8, 4) is 0 Å². The van der Waals surface area contributed by atoms with Crippen molar-refractivity contribution < 1.29 is 4.79 Å². The van der Waals surface area contributed by atoms with E-state index >= 15 is 0 Å². The second-order valence-electron chi connectivity index (χ2n) is 4.88. The number of hydrogen-bond acceptors (Lipinski definition) is 2. The first-order valence-corrected chi connectivity index (χ1v) is 5.74. The van der Waals surface area contributed by atoms with E-state index in [9.17, 15) is 4.79 Å². The minimum atomic E-state index is 0.244. The van der Waals surface area contributed by atoms with Gasteiger partial charge in [-0.2, -0.15) is 0 Å². The molecule has 0 spiro atoms. The normalized spacial score (nSPS) is 32.6. The summed E-state index contributed by atoms with van der Waals surface area (Å²) in [5, 5.41) is 6.18. The summed E-state index contributed by atoms with van der Waals surface area (Å²) in [6.45, 7) is 4.94. The third kappa shape index (κ3) is 2.27. The van der Waals surface area contributed by atoms with Crippen molar-refractivity contribution in [2.24, 2.45) is 17.8 Å². The largest absolute Gasteiger partial charge is 0.356 e. The lowest BCUT2D eigenvalue weighted by atomic mass is 10.0. The van der Waals surface area contributed by atoms with E-state index in [1.54, 1.807) is 0 Å². The standard InChI is InChI=1S/C11H20N2O/c1-8-2-3-9(4-8)5-13-11(14)10-6-12-7-10/h8-10,12H,2-7H2,1H3,(H,13,14). The Bertz CT molecular complexity index is 213. The van der Waals surface area contributed by atoms with Crippen molar-refractivity contribution in [1.29, 1.82) is 0 Å². The maximum absolute atomic E-state index is 11.5. The molecule has 14 heavy (non-hydrogen) atoms. The predicted molar refractivity (Wildman–Crippen MR) is 55.9 cm³/mol. The fourth-order valence-electron chi connectivity index (χ4n) is 2.37. The zero-order valence-corrected chi connectivity index (χ0v) is 8.88. The quantitative estimate of drug-likeness (QED) is 0.699. The van der Waals surface area contributed by atoms with Crippen LogP contribution in [0.2, 0.25) is 0 Å². The maximum atomic E-state index is 11.5. The first-order valence-electron chi connectivity index (χ1n) is 5.74. The molecule has 0 aromatic carbocycles. The summed E-state index contributed by atoms with van der Waals surface area (Å²) >= 11 is 0. The van der Waals surface area contributed by atoms with Crippen LogP contribution in [-0.2, 0) is 4.79 Å². The van der Waals surface area contributed by atoms with Gasteiger partial charge in [0, 0.05) is 19.6 Å². The SMILES string of the molecule is CC1CCC(CNC(=O)C2CNC2)C1. The Balaban J connectivity index is 1.64. The molecule has 0 radical (unpaired) electrons. The van der Waals surface area contributed by atoms with Crippen LogP contribution in [0.3, 0.4) is 0 Å². The molecule has 80 valence electrons. The van der Waals surface area contributed by atoms with Crippen LogP contribution in [-0.4, -0.2) is 25.5 Å². The lowest BCUT2D eigenvalue weighted by Gasteiger charge is -2.26. The number of carbonyl (C=O) groups is 1. The third-order valence-corrected chi connectivity index (χ3v) is 3.52. The second kappa shape index (κ2) is 4.30. The van der Waals surface area contributed by atoms with Gasteiger partial charge in [0.25, 0.3) is 0 Å². The molecule has 2 N–H and O–H groups in total. The van der Waals surface area contributed by atoms with Crippen LogP contribution in [0.4, 0.5) is 0 Å². The average Bonchev–Trinajstić information content (AvgIpc) is 2.45. The molecule has 2 aliphatic rings. The van der Waals surface area contributed by atoms with Gasteiger partial charge in [-0.3, -0.25) is 4.79 Å². The van der Waals surface area contributed by atoms with E-state index in [2.05, 4.69) is 17.6 Å². The molecular weight excluding hydrogens is 176 g/mol. The molecular formula is C11H20N2O. The van der Waals surface area contributed by atoms with Crippen LogP contribution in [0.25, 0.3) is 0 Å². The van der Waals surface area contributed by atoms with Crippen molar-refractivity contribution in [3.05, 3.63) is 0 Å². The Morgan fingerprint density at radius 3 is 2.71 bits per heavy atom. The summed E-state index contributed by atoms with van der Waals surface area (Å²) < 4.78 is 0. The van der Waals surface area contributed by atoms with Crippen LogP contribution in [0.1, 0.15) is 26.2 Å². The highest BCUT2D eigenvalue weighted by Gasteiger charge is 2.26. The van der Waals surface area contributed by atoms with Gasteiger partial charge in [-0.25, -0.2) is 0 Å². The van der Waals surface area contributed by atoms with Crippen LogP contribution < -0.4 is 10.6 Å². The molecule has 3 heteroatoms. The molecule has 1 saturated carbocycles. The van der Waals surface area contributed by atoms with E-state index in [1.807, 2.05) is 0 Å². The van der Waals surface area contributed by atoms with E-state index in [1.165, 1.54) is 19.3 Å². The van der Waals surface area contributed by atoms with Crippen LogP contribution >= 0.6 is 0 Å². The van der Waals surface area contributed by atoms with Crippen molar-refractivity contribution in [2.45, 2.75) is 26.2 Å². The van der Waals surface area contributed by atoms with Gasteiger partial charge in [0.1, 0.15) is 0 Å². The van der Waals surface area contributed by atoms with Gasteiger partial charge >= 0.3 is 0 Å². The van der Waals surface area contributed by atoms with E-state index < -0.39 is 0 Å². The molecule has 0 aromatic heterocycles. The summed E-state index contributed by atoms with van der Waals surface area (Å²) in [6, 6.07) is 0. The smallest absolute Gasteiger partial charge is 0.225 e. The molecule has 2 rings (SSSR count). The van der Waals surface area contributed by atoms with Crippen molar-refractivity contribution >= 4 is 5.91 Å². The van der Waals surface area contributed by atoms with Crippen LogP contribution in [0, 0.1) is 17.8 Å². The molecule has 0 aromatic rings. The topological polar surface area (TPSA) is 41.1 Å². The molecule has 1 saturated heterocycles. The average molecular weight is 196 g/mol. The Morgan fingerprint density at radius 2 is 2.21 bits per heavy atom. The zero-order valence-electron chi connectivity index (χ0n) is 8.88. The van der Waals surface area contributed by atoms with Crippen molar-refractivity contribution in [3.63, 3.8) is 0 Å². The fourth-order valence-corrected chi connectivity index (χ4v) is 2.37. The fraction of sp³-hybridized carbons (Fsp3) is 0.909. The highest BCUT2D eigenvalue weighted by molar-refractivity contribution is 5.79. The molecule has 2 fully saturated rings. The number of rotatable bonds is 3. The summed E-state index contributed by atoms with van der Waals surface area (Å²) in [5.41, 5.74) is 0. The van der Waals surface area contributed by atoms with Crippen molar-refractivity contribution in [1.82, 2.24) is 10.6 Å². The minimum absolute atomic E-state index is 0.244. The van der Waals surface area contributed by atoms with E-state index in [0.717, 1.165) is 31.5 Å². The zero-order chi connectivity index (χ0) is 9.97. The van der Waals surface area contributed by atoms with Gasteiger partial charge in [-0.15, -0.1) is 0 Å². The van der Waals surface area contributed by atoms with Gasteiger partial charge in [0.2, 0.25) is 5.91 Å². The van der Waals surface area contributed by atoms with Crippen LogP contribution in [0.5, 0.6) is 0 Å². The molecule has 1 aliphatic carbocycles. The number of nitrogens with one attached hydrogen (secondary N) is 2. The lowest BCUT2D eigenvalue weighted by molar-refractivity contribution is -0.126. The highest BCUT2D eigenvalue weighted by Crippen LogP contribution is 2.29. The van der Waals surface area contributed by atoms with Gasteiger partial charge in [-0.1, -0.05) is 13.3 Å². The first kappa shape index (κ1) is 9.97. The molecule has 2 unspecified atom stereocenters. The summed E-state index contributed by atoms with van der Waals surface area (Å²) in [7, 11) is 0. The number of carbonyl (C=O) groups excluding carboxylic acids is 1. The van der Waals surface area contributed by atoms with Gasteiger partial charge in [0.05, 0.1) is 5.92 Å². The highest BCUT2D eigenvalue weighted by atomic mass is 16.2.